The Morgan fingerprint density at radius 3 is 2.84 bits per heavy atom. The van der Waals surface area contributed by atoms with Gasteiger partial charge >= 0.3 is 0 Å². The topological polar surface area (TPSA) is 39.7 Å². The van der Waals surface area contributed by atoms with Gasteiger partial charge in [-0.1, -0.05) is 30.7 Å². The Bertz CT molecular complexity index is 552. The summed E-state index contributed by atoms with van der Waals surface area (Å²) in [5.74, 6) is 1.43. The highest BCUT2D eigenvalue weighted by Gasteiger charge is 2.30. The van der Waals surface area contributed by atoms with Gasteiger partial charge in [0.2, 0.25) is 0 Å². The van der Waals surface area contributed by atoms with Crippen LogP contribution < -0.4 is 10.6 Å². The molecule has 2 rings (SSSR count). The van der Waals surface area contributed by atoms with Gasteiger partial charge in [-0.25, -0.2) is 0 Å². The van der Waals surface area contributed by atoms with Crippen molar-refractivity contribution < 1.29 is 0 Å². The number of guanidine groups is 1. The lowest BCUT2D eigenvalue weighted by molar-refractivity contribution is 0.122. The minimum atomic E-state index is 0. The fraction of sp³-hybridized carbons (Fsp3) is 0.632. The number of hydrogen-bond acceptors (Lipinski definition) is 2. The van der Waals surface area contributed by atoms with E-state index in [9.17, 15) is 0 Å². The molecule has 3 unspecified atom stereocenters. The van der Waals surface area contributed by atoms with Crippen molar-refractivity contribution in [3.8, 4) is 0 Å². The zero-order valence-electron chi connectivity index (χ0n) is 15.8. The molecule has 142 valence electrons. The molecule has 1 aromatic rings. The molecule has 0 aliphatic carbocycles. The summed E-state index contributed by atoms with van der Waals surface area (Å²) in [6.07, 6.45) is 3.53. The second kappa shape index (κ2) is 11.2. The average Bonchev–Trinajstić information content (AvgIpc) is 2.58. The summed E-state index contributed by atoms with van der Waals surface area (Å²) in [5, 5.41) is 7.77. The van der Waals surface area contributed by atoms with Crippen LogP contribution in [-0.4, -0.2) is 44.1 Å². The molecular formula is C19H32ClIN4. The molecule has 0 saturated carbocycles. The fourth-order valence-corrected chi connectivity index (χ4v) is 3.65. The summed E-state index contributed by atoms with van der Waals surface area (Å²) in [6, 6.07) is 9.11. The molecule has 25 heavy (non-hydrogen) atoms. The molecule has 0 spiro atoms. The lowest BCUT2D eigenvalue weighted by Crippen LogP contribution is -2.46. The molecule has 1 saturated heterocycles. The molecular weight excluding hydrogens is 447 g/mol. The van der Waals surface area contributed by atoms with Crippen molar-refractivity contribution in [3.05, 3.63) is 34.9 Å². The van der Waals surface area contributed by atoms with Gasteiger partial charge in [0.1, 0.15) is 0 Å². The van der Waals surface area contributed by atoms with Crippen LogP contribution in [-0.2, 0) is 0 Å². The molecule has 6 heteroatoms. The molecule has 1 heterocycles. The predicted octanol–water partition coefficient (Wildman–Crippen LogP) is 4.30. The van der Waals surface area contributed by atoms with Crippen molar-refractivity contribution in [3.63, 3.8) is 0 Å². The zero-order chi connectivity index (χ0) is 17.5. The van der Waals surface area contributed by atoms with E-state index in [1.54, 1.807) is 0 Å². The zero-order valence-corrected chi connectivity index (χ0v) is 18.8. The van der Waals surface area contributed by atoms with Gasteiger partial charge < -0.3 is 10.6 Å². The minimum absolute atomic E-state index is 0. The van der Waals surface area contributed by atoms with Crippen LogP contribution in [0.5, 0.6) is 0 Å². The standard InChI is InChI=1S/C19H31ClN4.HI/c1-5-14(2)23-19(21-3)22-13-16-9-7-11-24(4)18(16)15-8-6-10-17(20)12-15;/h6,8,10,12,14,16,18H,5,7,9,11,13H2,1-4H3,(H2,21,22,23);1H. The molecule has 0 radical (unpaired) electrons. The largest absolute Gasteiger partial charge is 0.356 e. The first kappa shape index (κ1) is 22.5. The quantitative estimate of drug-likeness (QED) is 0.376. The maximum atomic E-state index is 6.22. The average molecular weight is 479 g/mol. The summed E-state index contributed by atoms with van der Waals surface area (Å²) in [6.45, 7) is 6.40. The first-order valence-corrected chi connectivity index (χ1v) is 9.35. The van der Waals surface area contributed by atoms with Gasteiger partial charge in [-0.2, -0.15) is 0 Å². The van der Waals surface area contributed by atoms with Gasteiger partial charge in [-0.05, 0) is 63.4 Å². The van der Waals surface area contributed by atoms with Crippen molar-refractivity contribution in [1.82, 2.24) is 15.5 Å². The Morgan fingerprint density at radius 2 is 2.20 bits per heavy atom. The van der Waals surface area contributed by atoms with Gasteiger partial charge in [0.25, 0.3) is 0 Å². The number of piperidine rings is 1. The van der Waals surface area contributed by atoms with Gasteiger partial charge in [0, 0.05) is 30.7 Å². The Balaban J connectivity index is 0.00000312. The van der Waals surface area contributed by atoms with E-state index in [1.165, 1.54) is 18.4 Å². The van der Waals surface area contributed by atoms with Crippen LogP contribution >= 0.6 is 35.6 Å². The van der Waals surface area contributed by atoms with Gasteiger partial charge in [0.15, 0.2) is 5.96 Å². The third-order valence-corrected chi connectivity index (χ3v) is 5.18. The third-order valence-electron chi connectivity index (χ3n) is 4.95. The molecule has 0 amide bonds. The summed E-state index contributed by atoms with van der Waals surface area (Å²) < 4.78 is 0. The molecule has 1 fully saturated rings. The van der Waals surface area contributed by atoms with E-state index in [0.29, 0.717) is 18.0 Å². The highest BCUT2D eigenvalue weighted by atomic mass is 127. The van der Waals surface area contributed by atoms with Crippen LogP contribution in [0.3, 0.4) is 0 Å². The van der Waals surface area contributed by atoms with Gasteiger partial charge in [0.05, 0.1) is 0 Å². The summed E-state index contributed by atoms with van der Waals surface area (Å²) in [7, 11) is 4.04. The van der Waals surface area contributed by atoms with Crippen molar-refractivity contribution in [1.29, 1.82) is 0 Å². The van der Waals surface area contributed by atoms with E-state index in [1.807, 2.05) is 19.2 Å². The van der Waals surface area contributed by atoms with E-state index in [4.69, 9.17) is 11.6 Å². The van der Waals surface area contributed by atoms with Crippen molar-refractivity contribution in [2.45, 2.75) is 45.2 Å². The smallest absolute Gasteiger partial charge is 0.191 e. The van der Waals surface area contributed by atoms with E-state index >= 15 is 0 Å². The number of benzene rings is 1. The van der Waals surface area contributed by atoms with E-state index in [0.717, 1.165) is 30.5 Å². The lowest BCUT2D eigenvalue weighted by Gasteiger charge is -2.40. The van der Waals surface area contributed by atoms with Crippen LogP contribution in [0.25, 0.3) is 0 Å². The molecule has 1 aliphatic heterocycles. The molecule has 0 bridgehead atoms. The number of nitrogens with one attached hydrogen (secondary N) is 2. The van der Waals surface area contributed by atoms with Crippen LogP contribution in [0.4, 0.5) is 0 Å². The number of nitrogens with zero attached hydrogens (tertiary/aromatic N) is 2. The second-order valence-corrected chi connectivity index (χ2v) is 7.23. The monoisotopic (exact) mass is 478 g/mol. The molecule has 0 aromatic heterocycles. The van der Waals surface area contributed by atoms with Crippen LogP contribution in [0.15, 0.2) is 29.3 Å². The Kier molecular flexibility index (Phi) is 10.1. The number of halogens is 2. The van der Waals surface area contributed by atoms with Crippen molar-refractivity contribution in [2.75, 3.05) is 27.2 Å². The molecule has 3 atom stereocenters. The number of likely N-dealkylation sites (tertiary alicyclic amines) is 1. The minimum Gasteiger partial charge on any atom is -0.356 e. The van der Waals surface area contributed by atoms with Crippen LogP contribution in [0.1, 0.15) is 44.7 Å². The second-order valence-electron chi connectivity index (χ2n) is 6.79. The van der Waals surface area contributed by atoms with Gasteiger partial charge in [-0.3, -0.25) is 9.89 Å². The highest BCUT2D eigenvalue weighted by molar-refractivity contribution is 14.0. The Hall–Kier alpha value is -0.530. The highest BCUT2D eigenvalue weighted by Crippen LogP contribution is 2.35. The predicted molar refractivity (Wildman–Crippen MR) is 119 cm³/mol. The van der Waals surface area contributed by atoms with Crippen molar-refractivity contribution in [2.24, 2.45) is 10.9 Å². The van der Waals surface area contributed by atoms with E-state index < -0.39 is 0 Å². The maximum Gasteiger partial charge on any atom is 0.191 e. The first-order valence-electron chi connectivity index (χ1n) is 8.98. The summed E-state index contributed by atoms with van der Waals surface area (Å²) in [4.78, 5) is 6.80. The number of rotatable bonds is 5. The summed E-state index contributed by atoms with van der Waals surface area (Å²) >= 11 is 6.22. The lowest BCUT2D eigenvalue weighted by atomic mass is 9.85. The Labute approximate surface area is 174 Å². The molecule has 4 nitrogen and oxygen atoms in total. The fourth-order valence-electron chi connectivity index (χ4n) is 3.45. The third kappa shape index (κ3) is 6.61. The maximum absolute atomic E-state index is 6.22. The van der Waals surface area contributed by atoms with Crippen LogP contribution in [0.2, 0.25) is 5.02 Å². The molecule has 1 aliphatic rings. The van der Waals surface area contributed by atoms with Crippen molar-refractivity contribution >= 4 is 41.5 Å². The SMILES string of the molecule is CCC(C)NC(=NC)NCC1CCCN(C)C1c1cccc(Cl)c1.I. The van der Waals surface area contributed by atoms with Gasteiger partial charge in [-0.15, -0.1) is 24.0 Å². The van der Waals surface area contributed by atoms with E-state index in [-0.39, 0.29) is 24.0 Å². The first-order chi connectivity index (χ1) is 11.5. The molecule has 1 aromatic carbocycles. The molecule has 2 N–H and O–H groups in total. The number of hydrogen-bond donors (Lipinski definition) is 2. The summed E-state index contributed by atoms with van der Waals surface area (Å²) in [5.41, 5.74) is 1.31. The Morgan fingerprint density at radius 1 is 1.44 bits per heavy atom. The van der Waals surface area contributed by atoms with Crippen LogP contribution in [0, 0.1) is 5.92 Å². The number of aliphatic imine (C=N–C) groups is 1. The normalized spacial score (nSPS) is 22.8. The van der Waals surface area contributed by atoms with E-state index in [2.05, 4.69) is 53.6 Å².